The quantitative estimate of drug-likeness (QED) is 0.595. The van der Waals surface area contributed by atoms with E-state index < -0.39 is 11.1 Å². The molecule has 0 aliphatic carbocycles. The summed E-state index contributed by atoms with van der Waals surface area (Å²) in [5, 5.41) is 0. The molecule has 0 aromatic heterocycles. The fraction of sp³-hybridized carbons (Fsp3) is 0.250. The Hall–Kier alpha value is -0.190. The van der Waals surface area contributed by atoms with Crippen LogP contribution in [-0.2, 0) is 11.1 Å². The maximum Gasteiger partial charge on any atom is 0.0367 e. The van der Waals surface area contributed by atoms with Gasteiger partial charge in [-0.25, -0.2) is 0 Å². The standard InChI is InChI=1S/C8H9BrO2S/c1-6(9)7-2-4-8(5-3-7)12(10)11/h2-6H,1H3,(H,10,11)/p-1. The normalized spacial score (nSPS) is 15.6. The van der Waals surface area contributed by atoms with Gasteiger partial charge in [0.05, 0.1) is 0 Å². The average molecular weight is 248 g/mol. The summed E-state index contributed by atoms with van der Waals surface area (Å²) < 4.78 is 20.9. The van der Waals surface area contributed by atoms with E-state index in [2.05, 4.69) is 15.9 Å². The molecule has 2 nitrogen and oxygen atoms in total. The molecule has 1 aromatic rings. The summed E-state index contributed by atoms with van der Waals surface area (Å²) in [5.74, 6) is 0. The molecule has 2 atom stereocenters. The molecule has 0 amide bonds. The van der Waals surface area contributed by atoms with Gasteiger partial charge in [-0.2, -0.15) is 0 Å². The van der Waals surface area contributed by atoms with Crippen LogP contribution in [0.5, 0.6) is 0 Å². The highest BCUT2D eigenvalue weighted by molar-refractivity contribution is 9.09. The second kappa shape index (κ2) is 4.16. The Labute approximate surface area is 82.4 Å². The molecule has 4 heteroatoms. The Morgan fingerprint density at radius 3 is 2.25 bits per heavy atom. The van der Waals surface area contributed by atoms with Crippen LogP contribution < -0.4 is 0 Å². The van der Waals surface area contributed by atoms with Crippen molar-refractivity contribution in [1.82, 2.24) is 0 Å². The number of halogens is 1. The van der Waals surface area contributed by atoms with Gasteiger partial charge in [0.25, 0.3) is 0 Å². The molecule has 0 spiro atoms. The Morgan fingerprint density at radius 1 is 1.42 bits per heavy atom. The van der Waals surface area contributed by atoms with E-state index in [1.807, 2.05) is 6.92 Å². The molecule has 0 saturated heterocycles. The lowest BCUT2D eigenvalue weighted by atomic mass is 10.2. The first kappa shape index (κ1) is 9.89. The summed E-state index contributed by atoms with van der Waals surface area (Å²) in [4.78, 5) is 0.582. The predicted octanol–water partition coefficient (Wildman–Crippen LogP) is 2.38. The van der Waals surface area contributed by atoms with Crippen molar-refractivity contribution in [2.24, 2.45) is 0 Å². The van der Waals surface area contributed by atoms with Gasteiger partial charge in [-0.05, 0) is 35.7 Å². The van der Waals surface area contributed by atoms with Gasteiger partial charge in [-0.1, -0.05) is 28.1 Å². The van der Waals surface area contributed by atoms with E-state index in [1.54, 1.807) is 24.3 Å². The van der Waals surface area contributed by atoms with E-state index in [1.165, 1.54) is 0 Å². The highest BCUT2D eigenvalue weighted by Crippen LogP contribution is 2.21. The van der Waals surface area contributed by atoms with Gasteiger partial charge >= 0.3 is 0 Å². The smallest absolute Gasteiger partial charge is 0.0367 e. The third-order valence-corrected chi connectivity index (χ3v) is 2.72. The number of hydrogen-bond acceptors (Lipinski definition) is 2. The number of rotatable bonds is 2. The van der Waals surface area contributed by atoms with E-state index >= 15 is 0 Å². The second-order valence-electron chi connectivity index (χ2n) is 2.42. The Bertz CT molecular complexity index is 282. The van der Waals surface area contributed by atoms with Crippen molar-refractivity contribution < 1.29 is 8.76 Å². The van der Waals surface area contributed by atoms with Crippen LogP contribution in [0.25, 0.3) is 0 Å². The highest BCUT2D eigenvalue weighted by atomic mass is 79.9. The van der Waals surface area contributed by atoms with Crippen LogP contribution in [0, 0.1) is 0 Å². The van der Waals surface area contributed by atoms with E-state index in [9.17, 15) is 8.76 Å². The topological polar surface area (TPSA) is 40.1 Å². The van der Waals surface area contributed by atoms with Gasteiger partial charge in [-0.15, -0.1) is 0 Å². The summed E-state index contributed by atoms with van der Waals surface area (Å²) in [6.07, 6.45) is 0. The molecule has 1 aromatic carbocycles. The molecule has 0 heterocycles. The lowest BCUT2D eigenvalue weighted by Crippen LogP contribution is -1.89. The first-order valence-electron chi connectivity index (χ1n) is 3.44. The van der Waals surface area contributed by atoms with Crippen molar-refractivity contribution in [2.45, 2.75) is 16.6 Å². The molecule has 0 radical (unpaired) electrons. The Balaban J connectivity index is 2.93. The zero-order valence-electron chi connectivity index (χ0n) is 6.49. The molecule has 0 N–H and O–H groups in total. The molecule has 1 rings (SSSR count). The predicted molar refractivity (Wildman–Crippen MR) is 51.0 cm³/mol. The molecule has 66 valence electrons. The van der Waals surface area contributed by atoms with Crippen molar-refractivity contribution in [1.29, 1.82) is 0 Å². The molecular formula is C8H8BrO2S-. The van der Waals surface area contributed by atoms with Crippen LogP contribution in [-0.4, -0.2) is 8.76 Å². The van der Waals surface area contributed by atoms with Gasteiger partial charge in [0.15, 0.2) is 0 Å². The highest BCUT2D eigenvalue weighted by Gasteiger charge is 1.99. The van der Waals surface area contributed by atoms with E-state index in [4.69, 9.17) is 0 Å². The summed E-state index contributed by atoms with van der Waals surface area (Å²) in [7, 11) is 0. The largest absolute Gasteiger partial charge is 0.768 e. The maximum absolute atomic E-state index is 10.5. The fourth-order valence-electron chi connectivity index (χ4n) is 0.844. The van der Waals surface area contributed by atoms with Gasteiger partial charge < -0.3 is 4.55 Å². The van der Waals surface area contributed by atoms with Crippen molar-refractivity contribution in [2.75, 3.05) is 0 Å². The molecule has 0 bridgehead atoms. The SMILES string of the molecule is CC(Br)c1ccc(S(=O)[O-])cc1. The molecule has 0 aliphatic rings. The third-order valence-electron chi connectivity index (χ3n) is 1.53. The lowest BCUT2D eigenvalue weighted by molar-refractivity contribution is 0.537. The minimum absolute atomic E-state index is 0.256. The van der Waals surface area contributed by atoms with Crippen LogP contribution in [0.2, 0.25) is 0 Å². The van der Waals surface area contributed by atoms with E-state index in [0.717, 1.165) is 5.56 Å². The average Bonchev–Trinajstić information content (AvgIpc) is 2.04. The summed E-state index contributed by atoms with van der Waals surface area (Å²) in [5.41, 5.74) is 1.07. The maximum atomic E-state index is 10.5. The van der Waals surface area contributed by atoms with E-state index in [0.29, 0.717) is 4.90 Å². The first-order chi connectivity index (χ1) is 5.61. The summed E-state index contributed by atoms with van der Waals surface area (Å²) >= 11 is 1.27. The molecule has 2 unspecified atom stereocenters. The minimum atomic E-state index is -2.12. The van der Waals surface area contributed by atoms with Crippen molar-refractivity contribution in [3.63, 3.8) is 0 Å². The second-order valence-corrected chi connectivity index (χ2v) is 4.73. The van der Waals surface area contributed by atoms with Gasteiger partial charge in [0.1, 0.15) is 0 Å². The van der Waals surface area contributed by atoms with Gasteiger partial charge in [-0.3, -0.25) is 4.21 Å². The first-order valence-corrected chi connectivity index (χ1v) is 5.43. The van der Waals surface area contributed by atoms with Crippen LogP contribution in [0.3, 0.4) is 0 Å². The van der Waals surface area contributed by atoms with Crippen molar-refractivity contribution >= 4 is 27.0 Å². The number of hydrogen-bond donors (Lipinski definition) is 0. The zero-order chi connectivity index (χ0) is 9.14. The van der Waals surface area contributed by atoms with Crippen LogP contribution in [0.15, 0.2) is 29.2 Å². The van der Waals surface area contributed by atoms with Crippen LogP contribution >= 0.6 is 15.9 Å². The molecule has 0 fully saturated rings. The Kier molecular flexibility index (Phi) is 3.43. The molecular weight excluding hydrogens is 240 g/mol. The summed E-state index contributed by atoms with van der Waals surface area (Å²) in [6, 6.07) is 6.78. The molecule has 0 saturated carbocycles. The number of alkyl halides is 1. The molecule has 0 aliphatic heterocycles. The third kappa shape index (κ3) is 2.40. The minimum Gasteiger partial charge on any atom is -0.768 e. The van der Waals surface area contributed by atoms with Gasteiger partial charge in [0.2, 0.25) is 0 Å². The fourth-order valence-corrected chi connectivity index (χ4v) is 1.51. The van der Waals surface area contributed by atoms with Gasteiger partial charge in [0, 0.05) is 9.72 Å². The summed E-state index contributed by atoms with van der Waals surface area (Å²) in [6.45, 7) is 1.99. The lowest BCUT2D eigenvalue weighted by Gasteiger charge is -2.07. The number of benzene rings is 1. The Morgan fingerprint density at radius 2 is 1.92 bits per heavy atom. The van der Waals surface area contributed by atoms with E-state index in [-0.39, 0.29) is 4.83 Å². The van der Waals surface area contributed by atoms with Crippen LogP contribution in [0.1, 0.15) is 17.3 Å². The zero-order valence-corrected chi connectivity index (χ0v) is 8.89. The molecule has 12 heavy (non-hydrogen) atoms. The monoisotopic (exact) mass is 247 g/mol. The van der Waals surface area contributed by atoms with Crippen LogP contribution in [0.4, 0.5) is 0 Å². The van der Waals surface area contributed by atoms with Crippen molar-refractivity contribution in [3.8, 4) is 0 Å². The van der Waals surface area contributed by atoms with Crippen molar-refractivity contribution in [3.05, 3.63) is 29.8 Å².